The SMILES string of the molecule is O=c1cc(-c2ccoc2)c2ccc(Br)cc2o1.O=c1ccc2ccccc2o1. The number of para-hydroxylation sites is 1. The zero-order chi connectivity index (χ0) is 19.5. The maximum absolute atomic E-state index is 11.5. The van der Waals surface area contributed by atoms with E-state index in [0.29, 0.717) is 11.2 Å². The van der Waals surface area contributed by atoms with Gasteiger partial charge < -0.3 is 13.3 Å². The molecule has 0 atom stereocenters. The Morgan fingerprint density at radius 2 is 1.57 bits per heavy atom. The number of halogens is 1. The van der Waals surface area contributed by atoms with Crippen molar-refractivity contribution in [2.24, 2.45) is 0 Å². The fraction of sp³-hybridized carbons (Fsp3) is 0. The molecule has 0 saturated carbocycles. The van der Waals surface area contributed by atoms with Gasteiger partial charge in [-0.1, -0.05) is 34.1 Å². The van der Waals surface area contributed by atoms with Gasteiger partial charge in [-0.05, 0) is 36.4 Å². The molecule has 5 nitrogen and oxygen atoms in total. The first-order valence-corrected chi connectivity index (χ1v) is 9.14. The van der Waals surface area contributed by atoms with Crippen LogP contribution in [0.5, 0.6) is 0 Å². The van der Waals surface area contributed by atoms with Crippen LogP contribution in [0.4, 0.5) is 0 Å². The first kappa shape index (κ1) is 18.0. The van der Waals surface area contributed by atoms with E-state index >= 15 is 0 Å². The molecule has 0 amide bonds. The van der Waals surface area contributed by atoms with Crippen LogP contribution in [-0.4, -0.2) is 0 Å². The Morgan fingerprint density at radius 1 is 0.750 bits per heavy atom. The van der Waals surface area contributed by atoms with Crippen LogP contribution in [0.15, 0.2) is 107 Å². The van der Waals surface area contributed by atoms with Crippen LogP contribution in [0.2, 0.25) is 0 Å². The van der Waals surface area contributed by atoms with Crippen molar-refractivity contribution >= 4 is 37.9 Å². The Labute approximate surface area is 167 Å². The number of benzene rings is 2. The lowest BCUT2D eigenvalue weighted by Gasteiger charge is -2.02. The Bertz CT molecular complexity index is 1360. The highest BCUT2D eigenvalue weighted by atomic mass is 79.9. The minimum Gasteiger partial charge on any atom is -0.472 e. The van der Waals surface area contributed by atoms with Crippen molar-refractivity contribution in [2.75, 3.05) is 0 Å². The highest BCUT2D eigenvalue weighted by Crippen LogP contribution is 2.29. The van der Waals surface area contributed by atoms with Crippen LogP contribution in [0.25, 0.3) is 33.1 Å². The van der Waals surface area contributed by atoms with Crippen LogP contribution in [-0.2, 0) is 0 Å². The van der Waals surface area contributed by atoms with Crippen LogP contribution < -0.4 is 11.3 Å². The van der Waals surface area contributed by atoms with Gasteiger partial charge in [-0.2, -0.15) is 0 Å². The number of rotatable bonds is 1. The van der Waals surface area contributed by atoms with E-state index in [9.17, 15) is 9.59 Å². The van der Waals surface area contributed by atoms with Crippen molar-refractivity contribution in [1.29, 1.82) is 0 Å². The molecule has 138 valence electrons. The zero-order valence-corrected chi connectivity index (χ0v) is 16.0. The summed E-state index contributed by atoms with van der Waals surface area (Å²) < 4.78 is 16.0. The molecule has 0 N–H and O–H groups in total. The summed E-state index contributed by atoms with van der Waals surface area (Å²) in [7, 11) is 0. The third-order valence-electron chi connectivity index (χ3n) is 4.07. The normalized spacial score (nSPS) is 10.6. The lowest BCUT2D eigenvalue weighted by Crippen LogP contribution is -1.97. The van der Waals surface area contributed by atoms with E-state index in [-0.39, 0.29) is 11.3 Å². The van der Waals surface area contributed by atoms with Gasteiger partial charge >= 0.3 is 11.3 Å². The molecular weight excluding hydrogens is 424 g/mol. The second kappa shape index (κ2) is 7.70. The number of hydrogen-bond donors (Lipinski definition) is 0. The van der Waals surface area contributed by atoms with Gasteiger partial charge in [0.15, 0.2) is 0 Å². The van der Waals surface area contributed by atoms with Crippen molar-refractivity contribution in [2.45, 2.75) is 0 Å². The molecule has 0 radical (unpaired) electrons. The minimum absolute atomic E-state index is 0.302. The van der Waals surface area contributed by atoms with Gasteiger partial charge in [-0.25, -0.2) is 9.59 Å². The molecule has 5 aromatic rings. The highest BCUT2D eigenvalue weighted by molar-refractivity contribution is 9.10. The molecule has 0 unspecified atom stereocenters. The molecule has 2 aromatic carbocycles. The first-order valence-electron chi connectivity index (χ1n) is 8.35. The highest BCUT2D eigenvalue weighted by Gasteiger charge is 2.08. The predicted octanol–water partition coefficient (Wildman–Crippen LogP) is 5.61. The predicted molar refractivity (Wildman–Crippen MR) is 110 cm³/mol. The summed E-state index contributed by atoms with van der Waals surface area (Å²) in [5, 5.41) is 1.83. The Hall–Kier alpha value is -3.38. The summed E-state index contributed by atoms with van der Waals surface area (Å²) in [6, 6.07) is 19.5. The standard InChI is InChI=1S/C13H7BrO3.C9H6O2/c14-9-1-2-10-11(8-3-4-16-7-8)6-13(15)17-12(10)5-9;10-9-6-5-7-3-1-2-4-8(7)11-9/h1-7H;1-6H. The number of hydrogen-bond acceptors (Lipinski definition) is 5. The molecule has 5 rings (SSSR count). The average Bonchev–Trinajstić information content (AvgIpc) is 3.22. The summed E-state index contributed by atoms with van der Waals surface area (Å²) in [5.41, 5.74) is 2.21. The smallest absolute Gasteiger partial charge is 0.336 e. The largest absolute Gasteiger partial charge is 0.472 e. The zero-order valence-electron chi connectivity index (χ0n) is 14.4. The van der Waals surface area contributed by atoms with E-state index in [2.05, 4.69) is 15.9 Å². The molecule has 0 aliphatic rings. The van der Waals surface area contributed by atoms with E-state index in [0.717, 1.165) is 26.4 Å². The van der Waals surface area contributed by atoms with Gasteiger partial charge in [0.25, 0.3) is 0 Å². The molecule has 0 saturated heterocycles. The molecule has 0 aliphatic carbocycles. The topological polar surface area (TPSA) is 73.6 Å². The first-order chi connectivity index (χ1) is 13.6. The second-order valence-electron chi connectivity index (χ2n) is 5.92. The lowest BCUT2D eigenvalue weighted by atomic mass is 10.1. The van der Waals surface area contributed by atoms with Crippen molar-refractivity contribution in [3.05, 3.63) is 105 Å². The molecule has 0 spiro atoms. The van der Waals surface area contributed by atoms with E-state index in [1.165, 1.54) is 12.1 Å². The van der Waals surface area contributed by atoms with Crippen molar-refractivity contribution in [3.63, 3.8) is 0 Å². The van der Waals surface area contributed by atoms with Gasteiger partial charge in [0.05, 0.1) is 12.5 Å². The molecule has 3 heterocycles. The van der Waals surface area contributed by atoms with Crippen molar-refractivity contribution in [1.82, 2.24) is 0 Å². The number of furan rings is 1. The van der Waals surface area contributed by atoms with Crippen molar-refractivity contribution < 1.29 is 13.3 Å². The Kier molecular flexibility index (Phi) is 4.95. The van der Waals surface area contributed by atoms with E-state index < -0.39 is 0 Å². The van der Waals surface area contributed by atoms with Crippen LogP contribution in [0.3, 0.4) is 0 Å². The molecule has 3 aromatic heterocycles. The molecule has 28 heavy (non-hydrogen) atoms. The van der Waals surface area contributed by atoms with E-state index in [1.54, 1.807) is 30.7 Å². The fourth-order valence-electron chi connectivity index (χ4n) is 2.80. The van der Waals surface area contributed by atoms with Gasteiger partial charge in [-0.3, -0.25) is 0 Å². The fourth-order valence-corrected chi connectivity index (χ4v) is 3.14. The average molecular weight is 437 g/mol. The molecule has 0 bridgehead atoms. The summed E-state index contributed by atoms with van der Waals surface area (Å²) in [4.78, 5) is 22.2. The third kappa shape index (κ3) is 3.82. The number of fused-ring (bicyclic) bond motifs is 2. The monoisotopic (exact) mass is 436 g/mol. The summed E-state index contributed by atoms with van der Waals surface area (Å²) >= 11 is 3.35. The Morgan fingerprint density at radius 3 is 2.39 bits per heavy atom. The van der Waals surface area contributed by atoms with Crippen LogP contribution in [0.1, 0.15) is 0 Å². The van der Waals surface area contributed by atoms with Crippen LogP contribution in [0, 0.1) is 0 Å². The second-order valence-corrected chi connectivity index (χ2v) is 6.84. The molecule has 6 heteroatoms. The van der Waals surface area contributed by atoms with E-state index in [1.807, 2.05) is 36.4 Å². The van der Waals surface area contributed by atoms with Gasteiger partial charge in [0, 0.05) is 38.5 Å². The van der Waals surface area contributed by atoms with E-state index in [4.69, 9.17) is 13.3 Å². The maximum Gasteiger partial charge on any atom is 0.336 e. The van der Waals surface area contributed by atoms with Gasteiger partial charge in [0.1, 0.15) is 11.2 Å². The molecule has 0 fully saturated rings. The van der Waals surface area contributed by atoms with Gasteiger partial charge in [0.2, 0.25) is 0 Å². The third-order valence-corrected chi connectivity index (χ3v) is 4.56. The summed E-state index contributed by atoms with van der Waals surface area (Å²) in [6.07, 6.45) is 3.19. The van der Waals surface area contributed by atoms with Crippen molar-refractivity contribution in [3.8, 4) is 11.1 Å². The molecule has 0 aliphatic heterocycles. The van der Waals surface area contributed by atoms with Crippen LogP contribution >= 0.6 is 15.9 Å². The lowest BCUT2D eigenvalue weighted by molar-refractivity contribution is 0.560. The quantitative estimate of drug-likeness (QED) is 0.319. The Balaban J connectivity index is 0.000000151. The van der Waals surface area contributed by atoms with Gasteiger partial charge in [-0.15, -0.1) is 0 Å². The summed E-state index contributed by atoms with van der Waals surface area (Å²) in [5.74, 6) is 0. The summed E-state index contributed by atoms with van der Waals surface area (Å²) in [6.45, 7) is 0. The maximum atomic E-state index is 11.5. The molecular formula is C22H13BrO5. The minimum atomic E-state index is -0.369.